The van der Waals surface area contributed by atoms with Crippen LogP contribution in [0.1, 0.15) is 26.4 Å². The van der Waals surface area contributed by atoms with Gasteiger partial charge in [-0.25, -0.2) is 0 Å². The molecular formula is C34H22F6N2O2S2. The average Bonchev–Trinajstić information content (AvgIpc) is 3.60. The van der Waals surface area contributed by atoms with Crippen LogP contribution in [0.25, 0.3) is 31.7 Å². The molecule has 0 fully saturated rings. The van der Waals surface area contributed by atoms with Crippen molar-refractivity contribution in [1.29, 1.82) is 0 Å². The second-order valence-electron chi connectivity index (χ2n) is 10.9. The van der Waals surface area contributed by atoms with E-state index in [4.69, 9.17) is 0 Å². The van der Waals surface area contributed by atoms with E-state index in [1.165, 1.54) is 49.4 Å². The lowest BCUT2D eigenvalue weighted by atomic mass is 9.92. The van der Waals surface area contributed by atoms with Crippen LogP contribution in [0.15, 0.2) is 78.9 Å². The molecule has 0 spiro atoms. The summed E-state index contributed by atoms with van der Waals surface area (Å²) < 4.78 is 94.6. The summed E-state index contributed by atoms with van der Waals surface area (Å²) in [6.45, 7) is 1.44. The Hall–Kier alpha value is -4.60. The highest BCUT2D eigenvalue weighted by Crippen LogP contribution is 2.66. The van der Waals surface area contributed by atoms with Crippen molar-refractivity contribution in [3.05, 3.63) is 115 Å². The number of hydrogen-bond acceptors (Lipinski definition) is 5. The molecule has 0 saturated heterocycles. The van der Waals surface area contributed by atoms with E-state index in [1.807, 2.05) is 19.0 Å². The van der Waals surface area contributed by atoms with Gasteiger partial charge in [-0.05, 0) is 60.4 Å². The van der Waals surface area contributed by atoms with Crippen LogP contribution in [0.2, 0.25) is 0 Å². The van der Waals surface area contributed by atoms with E-state index in [0.29, 0.717) is 15.1 Å². The Bertz CT molecular complexity index is 2100. The number of nitro benzene ring substituents is 1. The third kappa shape index (κ3) is 4.85. The van der Waals surface area contributed by atoms with Gasteiger partial charge in [0.2, 0.25) is 0 Å². The first-order chi connectivity index (χ1) is 21.6. The minimum absolute atomic E-state index is 0.0774. The number of allylic oxidation sites excluding steroid dienone is 2. The first-order valence-electron chi connectivity index (χ1n) is 13.7. The van der Waals surface area contributed by atoms with E-state index in [1.54, 1.807) is 36.4 Å². The first-order valence-corrected chi connectivity index (χ1v) is 15.3. The van der Waals surface area contributed by atoms with Crippen molar-refractivity contribution in [1.82, 2.24) is 0 Å². The van der Waals surface area contributed by atoms with Crippen molar-refractivity contribution >= 4 is 55.3 Å². The molecule has 0 aliphatic heterocycles. The van der Waals surface area contributed by atoms with Crippen molar-refractivity contribution in [3.8, 4) is 22.3 Å². The predicted octanol–water partition coefficient (Wildman–Crippen LogP) is 10.1. The van der Waals surface area contributed by atoms with Crippen LogP contribution < -0.4 is 4.90 Å². The number of nitro groups is 1. The molecule has 234 valence electrons. The smallest absolute Gasteiger partial charge is 0.378 e. The van der Waals surface area contributed by atoms with Crippen LogP contribution in [0.5, 0.6) is 0 Å². The molecule has 0 atom stereocenters. The highest BCUT2D eigenvalue weighted by Gasteiger charge is 2.80. The summed E-state index contributed by atoms with van der Waals surface area (Å²) in [5, 5.41) is 11.1. The molecule has 0 N–H and O–H groups in total. The van der Waals surface area contributed by atoms with Gasteiger partial charge < -0.3 is 4.90 Å². The minimum Gasteiger partial charge on any atom is -0.378 e. The number of non-ortho nitro benzene ring substituents is 1. The van der Waals surface area contributed by atoms with Gasteiger partial charge in [-0.2, -0.15) is 26.3 Å². The first kappa shape index (κ1) is 31.4. The number of anilines is 1. The van der Waals surface area contributed by atoms with Gasteiger partial charge in [-0.15, -0.1) is 22.7 Å². The molecule has 4 nitrogen and oxygen atoms in total. The minimum atomic E-state index is -5.74. The van der Waals surface area contributed by atoms with E-state index >= 15 is 26.3 Å². The van der Waals surface area contributed by atoms with Crippen LogP contribution >= 0.6 is 22.7 Å². The normalized spacial score (nSPS) is 16.4. The largest absolute Gasteiger partial charge is 0.380 e. The molecule has 0 amide bonds. The third-order valence-electron chi connectivity index (χ3n) is 7.77. The molecule has 1 aliphatic carbocycles. The number of nitrogens with zero attached hydrogens (tertiary/aromatic N) is 2. The second kappa shape index (κ2) is 11.0. The monoisotopic (exact) mass is 668 g/mol. The Labute approximate surface area is 267 Å². The number of benzene rings is 3. The second-order valence-corrected chi connectivity index (χ2v) is 13.2. The standard InChI is InChI=1S/C34H22F6N2O2S2/c1-19-25(18-28(45-19)21-11-15-22(16-12-21)41(2)3)30-31(33(37,38)34(39,40)32(30,35)36)29-24-6-4-5-7-26(24)46-27(29)17-10-20-8-13-23(14-9-20)42(43)44/h4-9,11-16,18H,1-3H3. The topological polar surface area (TPSA) is 46.4 Å². The molecule has 5 aromatic rings. The Morgan fingerprint density at radius 1 is 0.804 bits per heavy atom. The Balaban J connectivity index is 1.60. The van der Waals surface area contributed by atoms with Crippen molar-refractivity contribution in [2.45, 2.75) is 24.7 Å². The fourth-order valence-electron chi connectivity index (χ4n) is 5.38. The number of hydrogen-bond donors (Lipinski definition) is 0. The van der Waals surface area contributed by atoms with Gasteiger partial charge in [0.05, 0.1) is 9.80 Å². The molecule has 0 radical (unpaired) electrons. The Morgan fingerprint density at radius 3 is 2.07 bits per heavy atom. The van der Waals surface area contributed by atoms with E-state index < -0.39 is 45.0 Å². The molecule has 12 heteroatoms. The van der Waals surface area contributed by atoms with Gasteiger partial charge in [0.15, 0.2) is 0 Å². The number of thiophene rings is 2. The lowest BCUT2D eigenvalue weighted by Crippen LogP contribution is -2.48. The maximum Gasteiger partial charge on any atom is 0.380 e. The number of fused-ring (bicyclic) bond motifs is 1. The van der Waals surface area contributed by atoms with Gasteiger partial charge in [-0.1, -0.05) is 36.3 Å². The molecule has 46 heavy (non-hydrogen) atoms. The molecule has 1 aliphatic rings. The summed E-state index contributed by atoms with van der Waals surface area (Å²) in [4.78, 5) is 12.8. The van der Waals surface area contributed by atoms with Crippen LogP contribution in [-0.2, 0) is 0 Å². The summed E-state index contributed by atoms with van der Waals surface area (Å²) in [7, 11) is 3.69. The lowest BCUT2D eigenvalue weighted by Gasteiger charge is -2.25. The van der Waals surface area contributed by atoms with E-state index in [0.717, 1.165) is 28.4 Å². The molecule has 2 aromatic heterocycles. The SMILES string of the molecule is Cc1sc(-c2ccc(N(C)C)cc2)cc1C1=C(c2c(C#Cc3ccc([N+](=O)[O-])cc3)sc3ccccc23)C(F)(F)C(F)(F)C1(F)F. The molecule has 6 rings (SSSR count). The maximum atomic E-state index is 16.0. The van der Waals surface area contributed by atoms with Crippen molar-refractivity contribution < 1.29 is 31.3 Å². The van der Waals surface area contributed by atoms with Crippen LogP contribution in [0.4, 0.5) is 37.7 Å². The summed E-state index contributed by atoms with van der Waals surface area (Å²) >= 11 is 1.95. The fourth-order valence-corrected chi connectivity index (χ4v) is 7.48. The summed E-state index contributed by atoms with van der Waals surface area (Å²) in [6.07, 6.45) is 0. The molecule has 3 aromatic carbocycles. The average molecular weight is 669 g/mol. The number of alkyl halides is 6. The zero-order chi connectivity index (χ0) is 33.2. The van der Waals surface area contributed by atoms with Crippen LogP contribution in [0.3, 0.4) is 0 Å². The zero-order valence-corrected chi connectivity index (χ0v) is 25.9. The molecule has 0 unspecified atom stereocenters. The van der Waals surface area contributed by atoms with Crippen LogP contribution in [-0.4, -0.2) is 36.8 Å². The van der Waals surface area contributed by atoms with Gasteiger partial charge in [-0.3, -0.25) is 10.1 Å². The molecule has 0 bridgehead atoms. The molecular weight excluding hydrogens is 647 g/mol. The van der Waals surface area contributed by atoms with Gasteiger partial charge in [0, 0.05) is 74.0 Å². The summed E-state index contributed by atoms with van der Waals surface area (Å²) in [5.74, 6) is -10.8. The van der Waals surface area contributed by atoms with Crippen LogP contribution in [0, 0.1) is 28.9 Å². The highest BCUT2D eigenvalue weighted by atomic mass is 32.1. The Morgan fingerprint density at radius 2 is 1.43 bits per heavy atom. The summed E-state index contributed by atoms with van der Waals surface area (Å²) in [6, 6.07) is 19.5. The number of halogens is 6. The van der Waals surface area contributed by atoms with E-state index in [2.05, 4.69) is 11.8 Å². The third-order valence-corrected chi connectivity index (χ3v) is 9.95. The quantitative estimate of drug-likeness (QED) is 0.0811. The number of aryl methyl sites for hydroxylation is 1. The Kier molecular flexibility index (Phi) is 7.53. The van der Waals surface area contributed by atoms with Gasteiger partial charge in [0.25, 0.3) is 5.69 Å². The van der Waals surface area contributed by atoms with E-state index in [9.17, 15) is 10.1 Å². The number of rotatable bonds is 5. The predicted molar refractivity (Wildman–Crippen MR) is 171 cm³/mol. The summed E-state index contributed by atoms with van der Waals surface area (Å²) in [5.41, 5.74) is -2.23. The zero-order valence-electron chi connectivity index (χ0n) is 24.3. The lowest BCUT2D eigenvalue weighted by molar-refractivity contribution is -0.384. The van der Waals surface area contributed by atoms with Crippen molar-refractivity contribution in [3.63, 3.8) is 0 Å². The molecule has 0 saturated carbocycles. The van der Waals surface area contributed by atoms with Gasteiger partial charge in [0.1, 0.15) is 0 Å². The highest BCUT2D eigenvalue weighted by molar-refractivity contribution is 7.20. The fraction of sp³-hybridized carbons (Fsp3) is 0.176. The van der Waals surface area contributed by atoms with E-state index in [-0.39, 0.29) is 26.4 Å². The maximum absolute atomic E-state index is 16.0. The van der Waals surface area contributed by atoms with Gasteiger partial charge >= 0.3 is 17.8 Å². The molecule has 2 heterocycles. The van der Waals surface area contributed by atoms with Crippen molar-refractivity contribution in [2.75, 3.05) is 19.0 Å². The van der Waals surface area contributed by atoms with Crippen molar-refractivity contribution in [2.24, 2.45) is 0 Å².